The van der Waals surface area contributed by atoms with Crippen molar-refractivity contribution in [3.05, 3.63) is 35.9 Å². The highest BCUT2D eigenvalue weighted by Crippen LogP contribution is 2.15. The van der Waals surface area contributed by atoms with E-state index in [1.54, 1.807) is 12.1 Å². The van der Waals surface area contributed by atoms with Crippen LogP contribution in [0, 0.1) is 0 Å². The molecule has 1 fully saturated rings. The van der Waals surface area contributed by atoms with Crippen LogP contribution in [0.1, 0.15) is 37.0 Å². The largest absolute Gasteiger partial charge is 0.458 e. The lowest BCUT2D eigenvalue weighted by Gasteiger charge is -2.36. The van der Waals surface area contributed by atoms with Crippen LogP contribution < -0.4 is 4.90 Å². The van der Waals surface area contributed by atoms with Crippen molar-refractivity contribution < 1.29 is 14.4 Å². The summed E-state index contributed by atoms with van der Waals surface area (Å²) in [5, 5.41) is 0. The summed E-state index contributed by atoms with van der Waals surface area (Å²) in [5.74, 6) is -0.195. The number of nitrogens with one attached hydrogen (secondary N) is 1. The van der Waals surface area contributed by atoms with E-state index < -0.39 is 0 Å². The summed E-state index contributed by atoms with van der Waals surface area (Å²) in [5.41, 5.74) is 0.643. The summed E-state index contributed by atoms with van der Waals surface area (Å²) >= 11 is 0. The molecule has 1 aromatic rings. The Bertz CT molecular complexity index is 392. The molecule has 18 heavy (non-hydrogen) atoms. The van der Waals surface area contributed by atoms with Gasteiger partial charge in [-0.25, -0.2) is 4.79 Å². The van der Waals surface area contributed by atoms with Gasteiger partial charge in [0.15, 0.2) is 0 Å². The van der Waals surface area contributed by atoms with Gasteiger partial charge < -0.3 is 9.64 Å². The molecule has 1 heterocycles. The molecule has 1 N–H and O–H groups in total. The molecule has 2 rings (SSSR count). The average molecular weight is 248 g/mol. The molecule has 0 unspecified atom stereocenters. The van der Waals surface area contributed by atoms with Gasteiger partial charge in [0.2, 0.25) is 0 Å². The first-order chi connectivity index (χ1) is 8.58. The van der Waals surface area contributed by atoms with Gasteiger partial charge in [-0.15, -0.1) is 0 Å². The Labute approximate surface area is 109 Å². The molecule has 0 aliphatic carbocycles. The zero-order chi connectivity index (χ0) is 13.1. The van der Waals surface area contributed by atoms with Crippen molar-refractivity contribution >= 4 is 5.97 Å². The van der Waals surface area contributed by atoms with Gasteiger partial charge in [-0.1, -0.05) is 18.2 Å². The summed E-state index contributed by atoms with van der Waals surface area (Å²) in [6, 6.07) is 10.3. The predicted octanol–water partition coefficient (Wildman–Crippen LogP) is 1.30. The molecule has 0 radical (unpaired) electrons. The number of rotatable bonds is 2. The van der Waals surface area contributed by atoms with Crippen molar-refractivity contribution in [3.63, 3.8) is 0 Å². The number of piperidine rings is 1. The summed E-state index contributed by atoms with van der Waals surface area (Å²) in [6.07, 6.45) is 1.97. The van der Waals surface area contributed by atoms with Gasteiger partial charge in [-0.05, 0) is 26.0 Å². The average Bonchev–Trinajstić information content (AvgIpc) is 2.37. The Hall–Kier alpha value is -1.35. The maximum absolute atomic E-state index is 12.0. The summed E-state index contributed by atoms with van der Waals surface area (Å²) in [6.45, 7) is 4.43. The van der Waals surface area contributed by atoms with Crippen LogP contribution in [0.15, 0.2) is 30.3 Å². The highest BCUT2D eigenvalue weighted by Gasteiger charge is 2.33. The van der Waals surface area contributed by atoms with Crippen LogP contribution in [0.25, 0.3) is 0 Å². The molecular formula is C15H22NO2+. The lowest BCUT2D eigenvalue weighted by Crippen LogP contribution is -3.17. The second kappa shape index (κ2) is 5.53. The van der Waals surface area contributed by atoms with Gasteiger partial charge >= 0.3 is 5.97 Å². The maximum atomic E-state index is 12.0. The van der Waals surface area contributed by atoms with Crippen molar-refractivity contribution in [1.82, 2.24) is 0 Å². The van der Waals surface area contributed by atoms with Crippen molar-refractivity contribution in [2.75, 3.05) is 7.05 Å². The Morgan fingerprint density at radius 3 is 2.28 bits per heavy atom. The molecule has 3 heteroatoms. The third-order valence-electron chi connectivity index (χ3n) is 4.07. The number of ether oxygens (including phenoxy) is 1. The second-order valence-corrected chi connectivity index (χ2v) is 5.41. The lowest BCUT2D eigenvalue weighted by atomic mass is 9.95. The number of esters is 1. The molecule has 98 valence electrons. The van der Waals surface area contributed by atoms with Gasteiger partial charge in [0, 0.05) is 12.8 Å². The van der Waals surface area contributed by atoms with Crippen LogP contribution in [0.2, 0.25) is 0 Å². The monoisotopic (exact) mass is 248 g/mol. The fourth-order valence-electron chi connectivity index (χ4n) is 2.63. The van der Waals surface area contributed by atoms with Gasteiger partial charge in [-0.3, -0.25) is 0 Å². The first-order valence-electron chi connectivity index (χ1n) is 6.67. The molecule has 0 amide bonds. The molecule has 0 bridgehead atoms. The molecular weight excluding hydrogens is 226 g/mol. The number of carbonyl (C=O) groups is 1. The smallest absolute Gasteiger partial charge is 0.338 e. The van der Waals surface area contributed by atoms with Gasteiger partial charge in [0.05, 0.1) is 24.7 Å². The van der Waals surface area contributed by atoms with E-state index in [1.807, 2.05) is 18.2 Å². The zero-order valence-corrected chi connectivity index (χ0v) is 11.3. The topological polar surface area (TPSA) is 30.7 Å². The van der Waals surface area contributed by atoms with E-state index in [1.165, 1.54) is 4.90 Å². The standard InChI is InChI=1S/C15H21NO2/c1-11-9-14(10-12(2)16(11)3)18-15(17)13-7-5-4-6-8-13/h4-8,11-12,14H,9-10H2,1-3H3/p+1/t11-,12-/m0/s1. The fourth-order valence-corrected chi connectivity index (χ4v) is 2.63. The Kier molecular flexibility index (Phi) is 4.02. The van der Waals surface area contributed by atoms with Gasteiger partial charge in [-0.2, -0.15) is 0 Å². The van der Waals surface area contributed by atoms with Crippen LogP contribution in [0.5, 0.6) is 0 Å². The Morgan fingerprint density at radius 1 is 1.17 bits per heavy atom. The zero-order valence-electron chi connectivity index (χ0n) is 11.3. The molecule has 3 nitrogen and oxygen atoms in total. The van der Waals surface area contributed by atoms with E-state index in [0.717, 1.165) is 12.8 Å². The SMILES string of the molecule is C[C@H]1CC(OC(=O)c2ccccc2)C[C@H](C)[NH+]1C. The van der Waals surface area contributed by atoms with E-state index in [0.29, 0.717) is 17.6 Å². The molecule has 0 aromatic heterocycles. The first kappa shape index (κ1) is 13.1. The van der Waals surface area contributed by atoms with E-state index in [2.05, 4.69) is 20.9 Å². The normalized spacial score (nSPS) is 31.9. The lowest BCUT2D eigenvalue weighted by molar-refractivity contribution is -0.933. The third kappa shape index (κ3) is 2.91. The molecule has 0 spiro atoms. The van der Waals surface area contributed by atoms with Crippen LogP contribution >= 0.6 is 0 Å². The van der Waals surface area contributed by atoms with Crippen LogP contribution in [0.3, 0.4) is 0 Å². The van der Waals surface area contributed by atoms with E-state index in [-0.39, 0.29) is 12.1 Å². The van der Waals surface area contributed by atoms with Crippen LogP contribution in [-0.4, -0.2) is 31.2 Å². The van der Waals surface area contributed by atoms with Crippen molar-refractivity contribution in [2.24, 2.45) is 0 Å². The van der Waals surface area contributed by atoms with Gasteiger partial charge in [0.25, 0.3) is 0 Å². The molecule has 1 aliphatic heterocycles. The van der Waals surface area contributed by atoms with Crippen LogP contribution in [0.4, 0.5) is 0 Å². The number of hydrogen-bond donors (Lipinski definition) is 1. The quantitative estimate of drug-likeness (QED) is 0.800. The molecule has 0 saturated carbocycles. The highest BCUT2D eigenvalue weighted by molar-refractivity contribution is 5.89. The maximum Gasteiger partial charge on any atom is 0.338 e. The number of likely N-dealkylation sites (tertiary alicyclic amines) is 1. The molecule has 1 saturated heterocycles. The molecule has 2 atom stereocenters. The summed E-state index contributed by atoms with van der Waals surface area (Å²) in [7, 11) is 2.21. The van der Waals surface area contributed by atoms with Crippen molar-refractivity contribution in [1.29, 1.82) is 0 Å². The predicted molar refractivity (Wildman–Crippen MR) is 70.7 cm³/mol. The fraction of sp³-hybridized carbons (Fsp3) is 0.533. The number of hydrogen-bond acceptors (Lipinski definition) is 2. The van der Waals surface area contributed by atoms with Crippen molar-refractivity contribution in [2.45, 2.75) is 44.9 Å². The summed E-state index contributed by atoms with van der Waals surface area (Å²) < 4.78 is 5.61. The number of benzene rings is 1. The number of quaternary nitrogens is 1. The Morgan fingerprint density at radius 2 is 1.72 bits per heavy atom. The minimum atomic E-state index is -0.195. The van der Waals surface area contributed by atoms with Crippen molar-refractivity contribution in [3.8, 4) is 0 Å². The minimum absolute atomic E-state index is 0.0615. The van der Waals surface area contributed by atoms with E-state index in [9.17, 15) is 4.79 Å². The minimum Gasteiger partial charge on any atom is -0.458 e. The molecule has 1 aromatic carbocycles. The van der Waals surface area contributed by atoms with Gasteiger partial charge in [0.1, 0.15) is 6.10 Å². The third-order valence-corrected chi connectivity index (χ3v) is 4.07. The number of carbonyl (C=O) groups excluding carboxylic acids is 1. The summed E-state index contributed by atoms with van der Waals surface area (Å²) in [4.78, 5) is 13.5. The van der Waals surface area contributed by atoms with E-state index >= 15 is 0 Å². The second-order valence-electron chi connectivity index (χ2n) is 5.41. The Balaban J connectivity index is 1.96. The molecule has 1 aliphatic rings. The van der Waals surface area contributed by atoms with Crippen LogP contribution in [-0.2, 0) is 4.74 Å². The van der Waals surface area contributed by atoms with E-state index in [4.69, 9.17) is 4.74 Å². The highest BCUT2D eigenvalue weighted by atomic mass is 16.5. The first-order valence-corrected chi connectivity index (χ1v) is 6.67.